The monoisotopic (exact) mass is 471 g/mol. The van der Waals surface area contributed by atoms with Gasteiger partial charge in [0.15, 0.2) is 11.0 Å². The van der Waals surface area contributed by atoms with Crippen LogP contribution in [0.3, 0.4) is 0 Å². The van der Waals surface area contributed by atoms with Crippen molar-refractivity contribution in [2.45, 2.75) is 43.8 Å². The van der Waals surface area contributed by atoms with Crippen molar-refractivity contribution < 1.29 is 18.7 Å². The average Bonchev–Trinajstić information content (AvgIpc) is 3.22. The maximum Gasteiger partial charge on any atom is 0.254 e. The molecule has 33 heavy (non-hydrogen) atoms. The lowest BCUT2D eigenvalue weighted by atomic mass is 10.2. The molecule has 0 aliphatic heterocycles. The number of carbonyl (C=O) groups excluding carboxylic acids is 2. The lowest BCUT2D eigenvalue weighted by Crippen LogP contribution is -2.29. The Morgan fingerprint density at radius 2 is 1.82 bits per heavy atom. The van der Waals surface area contributed by atoms with Gasteiger partial charge in [-0.3, -0.25) is 9.59 Å². The summed E-state index contributed by atoms with van der Waals surface area (Å²) in [4.78, 5) is 25.1. The molecule has 0 radical (unpaired) electrons. The smallest absolute Gasteiger partial charge is 0.254 e. The van der Waals surface area contributed by atoms with Gasteiger partial charge in [-0.2, -0.15) is 0 Å². The Bertz CT molecular complexity index is 1120. The number of amides is 2. The van der Waals surface area contributed by atoms with Crippen molar-refractivity contribution in [3.8, 4) is 5.75 Å². The van der Waals surface area contributed by atoms with E-state index < -0.39 is 23.0 Å². The fraction of sp³-hybridized carbons (Fsp3) is 0.304. The molecule has 0 spiro atoms. The molecule has 2 aromatic carbocycles. The van der Waals surface area contributed by atoms with Crippen LogP contribution in [-0.4, -0.2) is 38.9 Å². The zero-order valence-corrected chi connectivity index (χ0v) is 19.6. The summed E-state index contributed by atoms with van der Waals surface area (Å²) < 4.78 is 20.9. The Labute approximate surface area is 195 Å². The van der Waals surface area contributed by atoms with Gasteiger partial charge in [-0.25, -0.2) is 4.39 Å². The molecule has 0 aliphatic rings. The van der Waals surface area contributed by atoms with Gasteiger partial charge >= 0.3 is 0 Å². The van der Waals surface area contributed by atoms with Gasteiger partial charge in [-0.15, -0.1) is 10.2 Å². The number of aromatic nitrogens is 3. The summed E-state index contributed by atoms with van der Waals surface area (Å²) in [5.41, 5.74) is 0.626. The largest absolute Gasteiger partial charge is 0.497 e. The topological polar surface area (TPSA) is 98.1 Å². The van der Waals surface area contributed by atoms with Gasteiger partial charge in [0.2, 0.25) is 5.91 Å². The first-order valence-corrected chi connectivity index (χ1v) is 11.3. The van der Waals surface area contributed by atoms with Gasteiger partial charge in [0.1, 0.15) is 11.6 Å². The SMILES string of the molecule is CCn1c(S[C@@H](C)C(=O)Nc2ccc(OC)cc2)nnc1[C@@H](C)NC(=O)c1ccccc1F. The molecule has 1 aromatic heterocycles. The van der Waals surface area contributed by atoms with Crippen molar-refractivity contribution in [2.24, 2.45) is 0 Å². The Kier molecular flexibility index (Phi) is 8.05. The zero-order chi connectivity index (χ0) is 24.0. The Morgan fingerprint density at radius 1 is 1.12 bits per heavy atom. The molecule has 0 saturated carbocycles. The van der Waals surface area contributed by atoms with E-state index in [1.807, 2.05) is 11.5 Å². The average molecular weight is 472 g/mol. The van der Waals surface area contributed by atoms with E-state index in [-0.39, 0.29) is 11.5 Å². The second kappa shape index (κ2) is 11.0. The van der Waals surface area contributed by atoms with E-state index in [0.717, 1.165) is 0 Å². The van der Waals surface area contributed by atoms with Gasteiger partial charge in [0.05, 0.1) is 24.0 Å². The van der Waals surface area contributed by atoms with E-state index in [1.54, 1.807) is 51.3 Å². The first-order chi connectivity index (χ1) is 15.8. The molecule has 0 aliphatic carbocycles. The van der Waals surface area contributed by atoms with E-state index in [4.69, 9.17) is 4.74 Å². The summed E-state index contributed by atoms with van der Waals surface area (Å²) in [6.07, 6.45) is 0. The Morgan fingerprint density at radius 3 is 2.45 bits per heavy atom. The molecule has 174 valence electrons. The number of nitrogens with one attached hydrogen (secondary N) is 2. The van der Waals surface area contributed by atoms with Crippen LogP contribution < -0.4 is 15.4 Å². The molecular weight excluding hydrogens is 445 g/mol. The molecule has 2 atom stereocenters. The number of rotatable bonds is 9. The molecule has 0 fully saturated rings. The Balaban J connectivity index is 1.67. The number of thioether (sulfide) groups is 1. The summed E-state index contributed by atoms with van der Waals surface area (Å²) in [6, 6.07) is 12.3. The van der Waals surface area contributed by atoms with E-state index in [9.17, 15) is 14.0 Å². The normalized spacial score (nSPS) is 12.6. The van der Waals surface area contributed by atoms with Crippen molar-refractivity contribution in [1.82, 2.24) is 20.1 Å². The number of carbonyl (C=O) groups is 2. The van der Waals surface area contributed by atoms with Gasteiger partial charge < -0.3 is 19.9 Å². The molecule has 0 unspecified atom stereocenters. The third-order valence-corrected chi connectivity index (χ3v) is 6.00. The molecule has 8 nitrogen and oxygen atoms in total. The maximum absolute atomic E-state index is 13.9. The van der Waals surface area contributed by atoms with Gasteiger partial charge in [-0.1, -0.05) is 23.9 Å². The third kappa shape index (κ3) is 5.89. The molecule has 3 aromatic rings. The van der Waals surface area contributed by atoms with Crippen molar-refractivity contribution in [3.05, 3.63) is 65.7 Å². The molecular formula is C23H26FN5O3S. The maximum atomic E-state index is 13.9. The third-order valence-electron chi connectivity index (χ3n) is 4.92. The summed E-state index contributed by atoms with van der Waals surface area (Å²) in [5.74, 6) is -0.0827. The highest BCUT2D eigenvalue weighted by Crippen LogP contribution is 2.26. The summed E-state index contributed by atoms with van der Waals surface area (Å²) >= 11 is 1.27. The van der Waals surface area contributed by atoms with Crippen LogP contribution in [0.5, 0.6) is 5.75 Å². The van der Waals surface area contributed by atoms with Gasteiger partial charge in [-0.05, 0) is 57.2 Å². The first kappa shape index (κ1) is 24.2. The number of halogens is 1. The second-order valence-corrected chi connectivity index (χ2v) is 8.55. The van der Waals surface area contributed by atoms with Crippen LogP contribution in [0, 0.1) is 5.82 Å². The highest BCUT2D eigenvalue weighted by Gasteiger charge is 2.23. The van der Waals surface area contributed by atoms with E-state index >= 15 is 0 Å². The lowest BCUT2D eigenvalue weighted by Gasteiger charge is -2.16. The number of hydrogen-bond acceptors (Lipinski definition) is 6. The first-order valence-electron chi connectivity index (χ1n) is 10.4. The number of hydrogen-bond donors (Lipinski definition) is 2. The standard InChI is InChI=1S/C23H26FN5O3S/c1-5-29-20(14(2)25-22(31)18-8-6-7-9-19(18)24)27-28-23(29)33-15(3)21(30)26-16-10-12-17(32-4)13-11-16/h6-15H,5H2,1-4H3,(H,25,31)(H,26,30)/t14-,15+/m1/s1. The number of benzene rings is 2. The van der Waals surface area contributed by atoms with E-state index in [0.29, 0.717) is 29.0 Å². The number of nitrogens with zero attached hydrogens (tertiary/aromatic N) is 3. The van der Waals surface area contributed by atoms with Crippen molar-refractivity contribution in [3.63, 3.8) is 0 Å². The number of anilines is 1. The van der Waals surface area contributed by atoms with Gasteiger partial charge in [0, 0.05) is 12.2 Å². The molecule has 0 saturated heterocycles. The minimum absolute atomic E-state index is 0.0367. The van der Waals surface area contributed by atoms with Crippen LogP contribution in [0.15, 0.2) is 53.7 Å². The van der Waals surface area contributed by atoms with Crippen molar-refractivity contribution in [1.29, 1.82) is 0 Å². The quantitative estimate of drug-likeness (QED) is 0.457. The molecule has 3 rings (SSSR count). The number of methoxy groups -OCH3 is 1. The minimum atomic E-state index is -0.591. The fourth-order valence-electron chi connectivity index (χ4n) is 3.12. The minimum Gasteiger partial charge on any atom is -0.497 e. The molecule has 2 N–H and O–H groups in total. The highest BCUT2D eigenvalue weighted by atomic mass is 32.2. The van der Waals surface area contributed by atoms with Crippen LogP contribution in [0.4, 0.5) is 10.1 Å². The van der Waals surface area contributed by atoms with Crippen LogP contribution in [-0.2, 0) is 11.3 Å². The summed E-state index contributed by atoms with van der Waals surface area (Å²) in [7, 11) is 1.58. The highest BCUT2D eigenvalue weighted by molar-refractivity contribution is 8.00. The lowest BCUT2D eigenvalue weighted by molar-refractivity contribution is -0.115. The van der Waals surface area contributed by atoms with Crippen LogP contribution in [0.25, 0.3) is 0 Å². The van der Waals surface area contributed by atoms with Crippen LogP contribution in [0.2, 0.25) is 0 Å². The zero-order valence-electron chi connectivity index (χ0n) is 18.8. The van der Waals surface area contributed by atoms with Crippen molar-refractivity contribution >= 4 is 29.3 Å². The van der Waals surface area contributed by atoms with Gasteiger partial charge in [0.25, 0.3) is 5.91 Å². The molecule has 10 heteroatoms. The Hall–Kier alpha value is -3.40. The fourth-order valence-corrected chi connectivity index (χ4v) is 4.04. The van der Waals surface area contributed by atoms with E-state index in [1.165, 1.54) is 30.0 Å². The molecule has 1 heterocycles. The molecule has 2 amide bonds. The summed E-state index contributed by atoms with van der Waals surface area (Å²) in [5, 5.41) is 14.2. The summed E-state index contributed by atoms with van der Waals surface area (Å²) in [6.45, 7) is 5.99. The predicted octanol–water partition coefficient (Wildman–Crippen LogP) is 4.06. The van der Waals surface area contributed by atoms with Crippen molar-refractivity contribution in [2.75, 3.05) is 12.4 Å². The predicted molar refractivity (Wildman–Crippen MR) is 125 cm³/mol. The van der Waals surface area contributed by atoms with Crippen LogP contribution >= 0.6 is 11.8 Å². The second-order valence-electron chi connectivity index (χ2n) is 7.24. The van der Waals surface area contributed by atoms with E-state index in [2.05, 4.69) is 20.8 Å². The molecule has 0 bridgehead atoms. The number of ether oxygens (including phenoxy) is 1. The van der Waals surface area contributed by atoms with Crippen LogP contribution in [0.1, 0.15) is 43.0 Å².